The Morgan fingerprint density at radius 1 is 0.316 bits per heavy atom. The topological polar surface area (TPSA) is 51.8 Å². The molecule has 0 aliphatic heterocycles. The molecule has 3 heterocycles. The molecule has 8 aromatic carbocycles. The van der Waals surface area contributed by atoms with Crippen molar-refractivity contribution in [3.63, 3.8) is 0 Å². The lowest BCUT2D eigenvalue weighted by Gasteiger charge is -2.12. The van der Waals surface area contributed by atoms with Crippen molar-refractivity contribution in [1.29, 1.82) is 0 Å². The second kappa shape index (κ2) is 13.6. The molecule has 57 heavy (non-hydrogen) atoms. The average molecular weight is 728 g/mol. The number of pyridine rings is 1. The summed E-state index contributed by atoms with van der Waals surface area (Å²) in [5.41, 5.74) is 14.0. The minimum atomic E-state index is 0.661. The normalized spacial score (nSPS) is 11.5. The van der Waals surface area contributed by atoms with Gasteiger partial charge in [0.15, 0.2) is 5.82 Å². The van der Waals surface area contributed by atoms with Gasteiger partial charge in [0.25, 0.3) is 0 Å². The summed E-state index contributed by atoms with van der Waals surface area (Å²) in [6.45, 7) is 0. The van der Waals surface area contributed by atoms with E-state index in [1.54, 1.807) is 0 Å². The fourth-order valence-electron chi connectivity index (χ4n) is 8.01. The van der Waals surface area contributed by atoms with Gasteiger partial charge in [0.2, 0.25) is 0 Å². The summed E-state index contributed by atoms with van der Waals surface area (Å²) in [4.78, 5) is 15.6. The highest BCUT2D eigenvalue weighted by molar-refractivity contribution is 6.24. The largest absolute Gasteiger partial charge is 0.455 e. The number of hydrogen-bond donors (Lipinski definition) is 0. The van der Waals surface area contributed by atoms with Crippen LogP contribution in [0, 0.1) is 0 Å². The first-order valence-corrected chi connectivity index (χ1v) is 19.2. The monoisotopic (exact) mass is 727 g/mol. The Labute approximate surface area is 329 Å². The summed E-state index contributed by atoms with van der Waals surface area (Å²) in [7, 11) is 0. The van der Waals surface area contributed by atoms with Crippen LogP contribution in [0.15, 0.2) is 205 Å². The third kappa shape index (κ3) is 5.83. The molecule has 0 fully saturated rings. The summed E-state index contributed by atoms with van der Waals surface area (Å²) in [5, 5.41) is 5.41. The van der Waals surface area contributed by atoms with Crippen molar-refractivity contribution in [2.24, 2.45) is 0 Å². The second-order valence-corrected chi connectivity index (χ2v) is 14.4. The Morgan fingerprint density at radius 2 is 0.789 bits per heavy atom. The predicted molar refractivity (Wildman–Crippen MR) is 235 cm³/mol. The molecule has 4 heteroatoms. The van der Waals surface area contributed by atoms with Crippen LogP contribution in [0.2, 0.25) is 0 Å². The number of nitrogens with zero attached hydrogens (tertiary/aromatic N) is 3. The molecule has 0 amide bonds. The summed E-state index contributed by atoms with van der Waals surface area (Å²) in [5.74, 6) is 0.661. The first-order chi connectivity index (χ1) is 28.2. The minimum Gasteiger partial charge on any atom is -0.455 e. The summed E-state index contributed by atoms with van der Waals surface area (Å²) >= 11 is 0. The Balaban J connectivity index is 1.02. The Kier molecular flexibility index (Phi) is 7.78. The van der Waals surface area contributed by atoms with Gasteiger partial charge in [-0.05, 0) is 46.5 Å². The molecule has 0 N–H and O–H groups in total. The molecule has 0 unspecified atom stereocenters. The Bertz CT molecular complexity index is 3140. The minimum absolute atomic E-state index is 0.661. The van der Waals surface area contributed by atoms with E-state index >= 15 is 0 Å². The van der Waals surface area contributed by atoms with Crippen LogP contribution >= 0.6 is 0 Å². The van der Waals surface area contributed by atoms with E-state index in [1.807, 2.05) is 30.3 Å². The highest BCUT2D eigenvalue weighted by atomic mass is 16.3. The molecule has 11 aromatic rings. The van der Waals surface area contributed by atoms with E-state index in [-0.39, 0.29) is 0 Å². The van der Waals surface area contributed by atoms with E-state index in [2.05, 4.69) is 170 Å². The van der Waals surface area contributed by atoms with Crippen molar-refractivity contribution in [3.8, 4) is 67.4 Å². The van der Waals surface area contributed by atoms with E-state index in [9.17, 15) is 0 Å². The number of rotatable bonds is 6. The first-order valence-electron chi connectivity index (χ1n) is 19.2. The lowest BCUT2D eigenvalue weighted by atomic mass is 9.97. The van der Waals surface area contributed by atoms with Crippen molar-refractivity contribution >= 4 is 43.6 Å². The summed E-state index contributed by atoms with van der Waals surface area (Å²) in [6.07, 6.45) is 0. The molecular weight excluding hydrogens is 695 g/mol. The van der Waals surface area contributed by atoms with E-state index < -0.39 is 0 Å². The lowest BCUT2D eigenvalue weighted by molar-refractivity contribution is 0.673. The van der Waals surface area contributed by atoms with Gasteiger partial charge in [-0.3, -0.25) is 0 Å². The number of fused-ring (bicyclic) bond motifs is 7. The third-order valence-electron chi connectivity index (χ3n) is 10.9. The van der Waals surface area contributed by atoms with Crippen LogP contribution in [-0.2, 0) is 0 Å². The van der Waals surface area contributed by atoms with Gasteiger partial charge >= 0.3 is 0 Å². The summed E-state index contributed by atoms with van der Waals surface area (Å²) < 4.78 is 6.55. The maximum absolute atomic E-state index is 6.55. The molecule has 0 spiro atoms. The van der Waals surface area contributed by atoms with Crippen LogP contribution in [0.3, 0.4) is 0 Å². The Hall–Kier alpha value is -7.69. The van der Waals surface area contributed by atoms with E-state index in [0.29, 0.717) is 5.82 Å². The SMILES string of the molecule is c1ccc(-c2ccc(-c3cc(-c4ccc(-c5ccccc5)cc4)nc(-c4ccc(-c5nc6ccccc6c6c5ccc5c7ccccc7oc56)cc4)n3)cc2)cc1. The molecule has 0 saturated carbocycles. The standard InChI is InChI=1S/C53H33N3O/c1-3-11-34(12-4-1)36-19-23-38(24-20-36)47-33-48(39-25-21-37(22-26-39)35-13-5-2-6-14-35)56-53(55-47)41-29-27-40(28-30-41)51-45-32-31-43-42-15-8-10-18-49(42)57-52(43)50(45)44-16-7-9-17-46(44)54-51/h1-33H. The van der Waals surface area contributed by atoms with Crippen molar-refractivity contribution in [3.05, 3.63) is 200 Å². The zero-order valence-corrected chi connectivity index (χ0v) is 30.8. The first kappa shape index (κ1) is 32.7. The van der Waals surface area contributed by atoms with Gasteiger partial charge in [-0.2, -0.15) is 0 Å². The maximum atomic E-state index is 6.55. The predicted octanol–water partition coefficient (Wildman–Crippen LogP) is 14.1. The van der Waals surface area contributed by atoms with Gasteiger partial charge in [0.05, 0.1) is 22.6 Å². The molecule has 0 aliphatic rings. The van der Waals surface area contributed by atoms with Crippen LogP contribution < -0.4 is 0 Å². The van der Waals surface area contributed by atoms with Gasteiger partial charge in [-0.25, -0.2) is 15.0 Å². The molecule has 0 radical (unpaired) electrons. The van der Waals surface area contributed by atoms with Crippen LogP contribution in [0.5, 0.6) is 0 Å². The molecule has 11 rings (SSSR count). The van der Waals surface area contributed by atoms with Crippen molar-refractivity contribution < 1.29 is 4.42 Å². The van der Waals surface area contributed by atoms with E-state index in [4.69, 9.17) is 19.4 Å². The van der Waals surface area contributed by atoms with Gasteiger partial charge in [0.1, 0.15) is 11.2 Å². The van der Waals surface area contributed by atoms with Crippen LogP contribution in [0.1, 0.15) is 0 Å². The molecular formula is C53H33N3O. The second-order valence-electron chi connectivity index (χ2n) is 14.4. The van der Waals surface area contributed by atoms with Crippen LogP contribution in [0.4, 0.5) is 0 Å². The molecule has 0 bridgehead atoms. The zero-order chi connectivity index (χ0) is 37.7. The zero-order valence-electron chi connectivity index (χ0n) is 30.8. The van der Waals surface area contributed by atoms with E-state index in [0.717, 1.165) is 94.1 Å². The molecule has 4 nitrogen and oxygen atoms in total. The Morgan fingerprint density at radius 3 is 1.42 bits per heavy atom. The van der Waals surface area contributed by atoms with Crippen LogP contribution in [-0.4, -0.2) is 15.0 Å². The van der Waals surface area contributed by atoms with Gasteiger partial charge in [-0.1, -0.05) is 176 Å². The van der Waals surface area contributed by atoms with Crippen LogP contribution in [0.25, 0.3) is 111 Å². The van der Waals surface area contributed by atoms with Gasteiger partial charge in [-0.15, -0.1) is 0 Å². The van der Waals surface area contributed by atoms with Gasteiger partial charge in [0, 0.05) is 49.2 Å². The number of aromatic nitrogens is 3. The van der Waals surface area contributed by atoms with Crippen molar-refractivity contribution in [2.45, 2.75) is 0 Å². The number of hydrogen-bond acceptors (Lipinski definition) is 4. The fourth-order valence-corrected chi connectivity index (χ4v) is 8.01. The summed E-state index contributed by atoms with van der Waals surface area (Å²) in [6, 6.07) is 69.6. The fraction of sp³-hybridized carbons (Fsp3) is 0. The average Bonchev–Trinajstić information content (AvgIpc) is 3.68. The molecule has 266 valence electrons. The number of furan rings is 1. The van der Waals surface area contributed by atoms with E-state index in [1.165, 1.54) is 11.1 Å². The van der Waals surface area contributed by atoms with Crippen molar-refractivity contribution in [1.82, 2.24) is 15.0 Å². The number of benzene rings is 8. The highest BCUT2D eigenvalue weighted by Crippen LogP contribution is 2.41. The number of para-hydroxylation sites is 2. The molecule has 0 aliphatic carbocycles. The quantitative estimate of drug-likeness (QED) is 0.160. The molecule has 3 aromatic heterocycles. The maximum Gasteiger partial charge on any atom is 0.160 e. The molecule has 0 saturated heterocycles. The lowest BCUT2D eigenvalue weighted by Crippen LogP contribution is -1.96. The highest BCUT2D eigenvalue weighted by Gasteiger charge is 2.18. The third-order valence-corrected chi connectivity index (χ3v) is 10.9. The molecule has 0 atom stereocenters. The van der Waals surface area contributed by atoms with Crippen molar-refractivity contribution in [2.75, 3.05) is 0 Å². The smallest absolute Gasteiger partial charge is 0.160 e. The van der Waals surface area contributed by atoms with Gasteiger partial charge < -0.3 is 4.42 Å².